The van der Waals surface area contributed by atoms with Gasteiger partial charge in [-0.05, 0) is 76.5 Å². The molecule has 3 N–H and O–H groups in total. The molecule has 1 saturated carbocycles. The average Bonchev–Trinajstić information content (AvgIpc) is 2.83. The highest BCUT2D eigenvalue weighted by molar-refractivity contribution is 5.91. The van der Waals surface area contributed by atoms with Crippen LogP contribution in [-0.2, 0) is 28.6 Å². The number of ether oxygens (including phenoxy) is 3. The summed E-state index contributed by atoms with van der Waals surface area (Å²) in [4.78, 5) is 38.7. The van der Waals surface area contributed by atoms with E-state index in [1.807, 2.05) is 0 Å². The first kappa shape index (κ1) is 31.1. The molecule has 0 saturated heterocycles. The van der Waals surface area contributed by atoms with Crippen LogP contribution < -0.4 is 0 Å². The molecular weight excluding hydrogens is 468 g/mol. The van der Waals surface area contributed by atoms with Crippen molar-refractivity contribution in [3.8, 4) is 0 Å². The van der Waals surface area contributed by atoms with Gasteiger partial charge in [0.25, 0.3) is 0 Å². The third kappa shape index (κ3) is 7.51. The predicted molar refractivity (Wildman–Crippen MR) is 134 cm³/mol. The van der Waals surface area contributed by atoms with Gasteiger partial charge in [0, 0.05) is 0 Å². The van der Waals surface area contributed by atoms with Gasteiger partial charge in [0.05, 0.1) is 55.4 Å². The van der Waals surface area contributed by atoms with Gasteiger partial charge in [-0.2, -0.15) is 0 Å². The maximum atomic E-state index is 13.1. The van der Waals surface area contributed by atoms with Gasteiger partial charge in [-0.1, -0.05) is 19.7 Å². The van der Waals surface area contributed by atoms with E-state index in [2.05, 4.69) is 19.7 Å². The second-order valence-corrected chi connectivity index (χ2v) is 9.30. The Morgan fingerprint density at radius 1 is 0.750 bits per heavy atom. The molecule has 36 heavy (non-hydrogen) atoms. The molecule has 0 aromatic heterocycles. The van der Waals surface area contributed by atoms with Gasteiger partial charge in [-0.3, -0.25) is 14.4 Å². The van der Waals surface area contributed by atoms with Gasteiger partial charge >= 0.3 is 17.9 Å². The second kappa shape index (κ2) is 15.9. The number of hydrogen-bond donors (Lipinski definition) is 3. The van der Waals surface area contributed by atoms with Crippen LogP contribution >= 0.6 is 0 Å². The lowest BCUT2D eigenvalue weighted by Crippen LogP contribution is -2.62. The fourth-order valence-electron chi connectivity index (χ4n) is 5.88. The van der Waals surface area contributed by atoms with Crippen LogP contribution in [0.3, 0.4) is 0 Å². The zero-order chi connectivity index (χ0) is 27.0. The van der Waals surface area contributed by atoms with Gasteiger partial charge in [0.1, 0.15) is 0 Å². The number of unbranched alkanes of at least 4 members (excludes halogenated alkanes) is 3. The molecule has 0 spiro atoms. The van der Waals surface area contributed by atoms with E-state index in [9.17, 15) is 29.7 Å². The standard InChI is InChI=1S/C27H42O9/c1-4-34-18-10-7-13-21-14-17-26(24(30)31,15-8-11-19-35-5-2)27(25(32)33,22(21)23(28)29)16-9-12-20-36-6-3/h4-6,21-22H,1-3,7-20H2,(H,28,29)(H,30,31)(H,32,33). The van der Waals surface area contributed by atoms with Gasteiger partial charge in [0.2, 0.25) is 0 Å². The number of hydrogen-bond acceptors (Lipinski definition) is 6. The highest BCUT2D eigenvalue weighted by Gasteiger charge is 2.69. The third-order valence-electron chi connectivity index (χ3n) is 7.49. The molecule has 0 aliphatic heterocycles. The molecule has 0 heterocycles. The van der Waals surface area contributed by atoms with E-state index in [4.69, 9.17) is 14.2 Å². The Labute approximate surface area is 213 Å². The lowest BCUT2D eigenvalue weighted by Gasteiger charge is -2.54. The van der Waals surface area contributed by atoms with Crippen LogP contribution in [0, 0.1) is 22.7 Å². The van der Waals surface area contributed by atoms with E-state index < -0.39 is 40.6 Å². The fourth-order valence-corrected chi connectivity index (χ4v) is 5.88. The summed E-state index contributed by atoms with van der Waals surface area (Å²) in [5.74, 6) is -5.65. The quantitative estimate of drug-likeness (QED) is 0.140. The van der Waals surface area contributed by atoms with Crippen LogP contribution in [0.25, 0.3) is 0 Å². The molecule has 0 amide bonds. The molecule has 0 radical (unpaired) electrons. The SMILES string of the molecule is C=COCCCCC1CCC(CCCCOC=C)(C(=O)O)C(CCCCOC=C)(C(=O)O)C1C(=O)O. The summed E-state index contributed by atoms with van der Waals surface area (Å²) in [6, 6.07) is 0. The molecule has 1 rings (SSSR count). The third-order valence-corrected chi connectivity index (χ3v) is 7.49. The molecule has 0 aromatic carbocycles. The molecule has 4 atom stereocenters. The summed E-state index contributed by atoms with van der Waals surface area (Å²) < 4.78 is 15.4. The van der Waals surface area contributed by atoms with Gasteiger partial charge < -0.3 is 29.5 Å². The van der Waals surface area contributed by atoms with Gasteiger partial charge in [-0.15, -0.1) is 0 Å². The van der Waals surface area contributed by atoms with E-state index in [0.29, 0.717) is 71.2 Å². The monoisotopic (exact) mass is 510 g/mol. The first-order chi connectivity index (χ1) is 17.2. The minimum atomic E-state index is -1.96. The van der Waals surface area contributed by atoms with Crippen LogP contribution in [0.5, 0.6) is 0 Å². The maximum Gasteiger partial charge on any atom is 0.311 e. The molecule has 4 unspecified atom stereocenters. The molecule has 0 aromatic rings. The minimum Gasteiger partial charge on any atom is -0.502 e. The number of rotatable bonds is 21. The first-order valence-electron chi connectivity index (χ1n) is 12.6. The first-order valence-corrected chi connectivity index (χ1v) is 12.6. The smallest absolute Gasteiger partial charge is 0.311 e. The molecule has 204 valence electrons. The molecule has 1 aliphatic rings. The van der Waals surface area contributed by atoms with Crippen LogP contribution in [0.2, 0.25) is 0 Å². The molecule has 1 aliphatic carbocycles. The summed E-state index contributed by atoms with van der Waals surface area (Å²) in [6.45, 7) is 11.5. The minimum absolute atomic E-state index is 0.0575. The number of carboxylic acid groups (broad SMARTS) is 3. The Morgan fingerprint density at radius 3 is 1.69 bits per heavy atom. The van der Waals surface area contributed by atoms with Crippen molar-refractivity contribution in [1.29, 1.82) is 0 Å². The molecule has 1 fully saturated rings. The summed E-state index contributed by atoms with van der Waals surface area (Å²) in [6.07, 6.45) is 7.83. The normalized spacial score (nSPS) is 25.3. The van der Waals surface area contributed by atoms with Crippen LogP contribution in [0.15, 0.2) is 38.5 Å². The summed E-state index contributed by atoms with van der Waals surface area (Å²) in [7, 11) is 0. The zero-order valence-electron chi connectivity index (χ0n) is 21.2. The Kier molecular flexibility index (Phi) is 13.7. The highest BCUT2D eigenvalue weighted by Crippen LogP contribution is 2.62. The van der Waals surface area contributed by atoms with Gasteiger partial charge in [-0.25, -0.2) is 0 Å². The predicted octanol–water partition coefficient (Wildman–Crippen LogP) is 5.23. The number of carboxylic acids is 3. The lowest BCUT2D eigenvalue weighted by atomic mass is 9.45. The zero-order valence-corrected chi connectivity index (χ0v) is 21.2. The molecule has 0 bridgehead atoms. The van der Waals surface area contributed by atoms with Crippen molar-refractivity contribution in [1.82, 2.24) is 0 Å². The van der Waals surface area contributed by atoms with Crippen molar-refractivity contribution >= 4 is 17.9 Å². The van der Waals surface area contributed by atoms with E-state index in [0.717, 1.165) is 0 Å². The van der Waals surface area contributed by atoms with Crippen LogP contribution in [-0.4, -0.2) is 53.0 Å². The summed E-state index contributed by atoms with van der Waals surface area (Å²) >= 11 is 0. The summed E-state index contributed by atoms with van der Waals surface area (Å²) in [5, 5.41) is 31.5. The average molecular weight is 511 g/mol. The van der Waals surface area contributed by atoms with Crippen molar-refractivity contribution in [2.45, 2.75) is 70.6 Å². The maximum absolute atomic E-state index is 13.1. The van der Waals surface area contributed by atoms with Crippen LogP contribution in [0.1, 0.15) is 70.6 Å². The molecule has 9 heteroatoms. The molecular formula is C27H42O9. The lowest BCUT2D eigenvalue weighted by molar-refractivity contribution is -0.201. The van der Waals surface area contributed by atoms with Crippen molar-refractivity contribution in [3.05, 3.63) is 38.5 Å². The summed E-state index contributed by atoms with van der Waals surface area (Å²) in [5.41, 5.74) is -3.67. The van der Waals surface area contributed by atoms with Crippen molar-refractivity contribution < 1.29 is 43.9 Å². The van der Waals surface area contributed by atoms with Crippen LogP contribution in [0.4, 0.5) is 0 Å². The Bertz CT molecular complexity index is 750. The highest BCUT2D eigenvalue weighted by atomic mass is 16.5. The van der Waals surface area contributed by atoms with Crippen molar-refractivity contribution in [2.24, 2.45) is 22.7 Å². The van der Waals surface area contributed by atoms with E-state index in [-0.39, 0.29) is 19.3 Å². The largest absolute Gasteiger partial charge is 0.502 e. The van der Waals surface area contributed by atoms with E-state index in [1.165, 1.54) is 18.8 Å². The Morgan fingerprint density at radius 2 is 1.25 bits per heavy atom. The fraction of sp³-hybridized carbons (Fsp3) is 0.667. The van der Waals surface area contributed by atoms with E-state index >= 15 is 0 Å². The van der Waals surface area contributed by atoms with E-state index in [1.54, 1.807) is 0 Å². The van der Waals surface area contributed by atoms with Gasteiger partial charge in [0.15, 0.2) is 0 Å². The number of carbonyl (C=O) groups is 3. The molecule has 9 nitrogen and oxygen atoms in total. The Hall–Kier alpha value is -2.97. The number of aliphatic carboxylic acids is 3. The second-order valence-electron chi connectivity index (χ2n) is 9.30. The van der Waals surface area contributed by atoms with Crippen molar-refractivity contribution in [2.75, 3.05) is 19.8 Å². The van der Waals surface area contributed by atoms with Crippen molar-refractivity contribution in [3.63, 3.8) is 0 Å². The Balaban J connectivity index is 3.40. The topological polar surface area (TPSA) is 140 Å².